The van der Waals surface area contributed by atoms with Crippen LogP contribution in [0.15, 0.2) is 70.5 Å². The second-order valence-corrected chi connectivity index (χ2v) is 8.34. The highest BCUT2D eigenvalue weighted by atomic mass is 16.2. The summed E-state index contributed by atoms with van der Waals surface area (Å²) >= 11 is 0. The molecule has 0 unspecified atom stereocenters. The van der Waals surface area contributed by atoms with Gasteiger partial charge in [0.25, 0.3) is 5.56 Å². The number of aromatic nitrogens is 3. The molecule has 1 amide bonds. The van der Waals surface area contributed by atoms with E-state index in [1.165, 1.54) is 42.5 Å². The molecule has 1 aliphatic rings. The van der Waals surface area contributed by atoms with Gasteiger partial charge in [0.05, 0.1) is 6.54 Å². The lowest BCUT2D eigenvalue weighted by molar-refractivity contribution is -0.121. The minimum Gasteiger partial charge on any atom is -0.357 e. The van der Waals surface area contributed by atoms with Crippen LogP contribution in [0.1, 0.15) is 36.8 Å². The zero-order valence-electron chi connectivity index (χ0n) is 18.7. The van der Waals surface area contributed by atoms with Crippen molar-refractivity contribution in [1.29, 1.82) is 0 Å². The predicted molar refractivity (Wildman–Crippen MR) is 127 cm³/mol. The molecule has 3 heterocycles. The molecule has 172 valence electrons. The molecule has 33 heavy (non-hydrogen) atoms. The average Bonchev–Trinajstić information content (AvgIpc) is 3.13. The van der Waals surface area contributed by atoms with Crippen LogP contribution in [-0.4, -0.2) is 33.1 Å². The van der Waals surface area contributed by atoms with Gasteiger partial charge in [0.2, 0.25) is 5.91 Å². The van der Waals surface area contributed by atoms with Crippen molar-refractivity contribution in [3.63, 3.8) is 0 Å². The number of carbonyl (C=O) groups excluding carboxylic acids is 1. The Kier molecular flexibility index (Phi) is 7.34. The van der Waals surface area contributed by atoms with E-state index in [0.717, 1.165) is 34.6 Å². The summed E-state index contributed by atoms with van der Waals surface area (Å²) in [7, 11) is 0. The molecule has 1 aromatic carbocycles. The molecule has 1 saturated heterocycles. The first-order chi connectivity index (χ1) is 16.1. The standard InChI is InChI=1S/C25H29N5O3/c31-23(27-17-21-10-11-22(26-16-21)28-13-6-1-2-7-14-28)19-30-24(32)12-15-29(25(30)33)18-20-8-4-3-5-9-20/h3-5,8-12,15-16H,1-2,6-7,13-14,17-19H2,(H,27,31). The third-order valence-electron chi connectivity index (χ3n) is 5.87. The van der Waals surface area contributed by atoms with E-state index < -0.39 is 17.2 Å². The Morgan fingerprint density at radius 1 is 0.909 bits per heavy atom. The molecular weight excluding hydrogens is 418 g/mol. The van der Waals surface area contributed by atoms with Crippen molar-refractivity contribution >= 4 is 11.7 Å². The van der Waals surface area contributed by atoms with Gasteiger partial charge < -0.3 is 10.2 Å². The van der Waals surface area contributed by atoms with Crippen LogP contribution in [-0.2, 0) is 24.4 Å². The van der Waals surface area contributed by atoms with Crippen molar-refractivity contribution in [2.75, 3.05) is 18.0 Å². The van der Waals surface area contributed by atoms with Gasteiger partial charge >= 0.3 is 5.69 Å². The van der Waals surface area contributed by atoms with Crippen LogP contribution in [0.25, 0.3) is 0 Å². The number of anilines is 1. The van der Waals surface area contributed by atoms with Gasteiger partial charge in [0, 0.05) is 38.1 Å². The van der Waals surface area contributed by atoms with Crippen LogP contribution in [0.2, 0.25) is 0 Å². The molecule has 3 aromatic rings. The van der Waals surface area contributed by atoms with E-state index in [9.17, 15) is 14.4 Å². The molecule has 0 radical (unpaired) electrons. The zero-order chi connectivity index (χ0) is 23.0. The molecule has 1 N–H and O–H groups in total. The lowest BCUT2D eigenvalue weighted by Gasteiger charge is -2.21. The van der Waals surface area contributed by atoms with Crippen molar-refractivity contribution in [1.82, 2.24) is 19.4 Å². The fraction of sp³-hybridized carbons (Fsp3) is 0.360. The lowest BCUT2D eigenvalue weighted by atomic mass is 10.2. The van der Waals surface area contributed by atoms with Crippen molar-refractivity contribution in [3.8, 4) is 0 Å². The van der Waals surface area contributed by atoms with Crippen LogP contribution in [0.5, 0.6) is 0 Å². The highest BCUT2D eigenvalue weighted by Gasteiger charge is 2.12. The maximum Gasteiger partial charge on any atom is 0.331 e. The van der Waals surface area contributed by atoms with E-state index in [2.05, 4.69) is 15.2 Å². The quantitative estimate of drug-likeness (QED) is 0.600. The first-order valence-corrected chi connectivity index (χ1v) is 11.4. The Morgan fingerprint density at radius 2 is 1.67 bits per heavy atom. The normalized spacial score (nSPS) is 14.0. The Labute approximate surface area is 192 Å². The molecule has 1 fully saturated rings. The molecule has 8 nitrogen and oxygen atoms in total. The molecular formula is C25H29N5O3. The molecule has 8 heteroatoms. The number of hydrogen-bond acceptors (Lipinski definition) is 5. The van der Waals surface area contributed by atoms with Gasteiger partial charge in [0.1, 0.15) is 12.4 Å². The first kappa shape index (κ1) is 22.5. The number of rotatable bonds is 7. The summed E-state index contributed by atoms with van der Waals surface area (Å²) < 4.78 is 2.38. The van der Waals surface area contributed by atoms with Crippen LogP contribution in [0, 0.1) is 0 Å². The summed E-state index contributed by atoms with van der Waals surface area (Å²) in [5.41, 5.74) is 0.794. The lowest BCUT2D eigenvalue weighted by Crippen LogP contribution is -2.43. The van der Waals surface area contributed by atoms with Crippen LogP contribution >= 0.6 is 0 Å². The maximum absolute atomic E-state index is 12.7. The van der Waals surface area contributed by atoms with E-state index in [-0.39, 0.29) is 13.1 Å². The summed E-state index contributed by atoms with van der Waals surface area (Å²) in [6.07, 6.45) is 8.13. The Hall–Kier alpha value is -3.68. The summed E-state index contributed by atoms with van der Waals surface area (Å²) in [6.45, 7) is 2.34. The molecule has 0 atom stereocenters. The van der Waals surface area contributed by atoms with Gasteiger partial charge in [-0.05, 0) is 30.0 Å². The third-order valence-corrected chi connectivity index (χ3v) is 5.87. The summed E-state index contributed by atoms with van der Waals surface area (Å²) in [6, 6.07) is 14.7. The van der Waals surface area contributed by atoms with Crippen LogP contribution in [0.3, 0.4) is 0 Å². The van der Waals surface area contributed by atoms with Crippen molar-refractivity contribution in [2.45, 2.75) is 45.3 Å². The summed E-state index contributed by atoms with van der Waals surface area (Å²) in [4.78, 5) is 44.3. The third kappa shape index (κ3) is 5.97. The van der Waals surface area contributed by atoms with Crippen LogP contribution < -0.4 is 21.5 Å². The van der Waals surface area contributed by atoms with Gasteiger partial charge in [-0.3, -0.25) is 18.7 Å². The summed E-state index contributed by atoms with van der Waals surface area (Å²) in [5.74, 6) is 0.560. The minimum absolute atomic E-state index is 0.284. The second-order valence-electron chi connectivity index (χ2n) is 8.34. The van der Waals surface area contributed by atoms with Crippen molar-refractivity contribution < 1.29 is 4.79 Å². The van der Waals surface area contributed by atoms with E-state index >= 15 is 0 Å². The number of benzene rings is 1. The SMILES string of the molecule is O=C(Cn1c(=O)ccn(Cc2ccccc2)c1=O)NCc1ccc(N2CCCCCC2)nc1. The Morgan fingerprint density at radius 3 is 2.36 bits per heavy atom. The van der Waals surface area contributed by atoms with Gasteiger partial charge in [-0.25, -0.2) is 9.78 Å². The monoisotopic (exact) mass is 447 g/mol. The topological polar surface area (TPSA) is 89.2 Å². The molecule has 0 spiro atoms. The molecule has 2 aromatic heterocycles. The molecule has 0 saturated carbocycles. The van der Waals surface area contributed by atoms with E-state index in [0.29, 0.717) is 6.54 Å². The number of hydrogen-bond donors (Lipinski definition) is 1. The van der Waals surface area contributed by atoms with Crippen LogP contribution in [0.4, 0.5) is 5.82 Å². The number of nitrogens with one attached hydrogen (secondary N) is 1. The Balaban J connectivity index is 1.36. The fourth-order valence-electron chi connectivity index (χ4n) is 4.01. The molecule has 0 bridgehead atoms. The number of carbonyl (C=O) groups is 1. The van der Waals surface area contributed by atoms with E-state index in [4.69, 9.17) is 0 Å². The molecule has 0 aliphatic carbocycles. The van der Waals surface area contributed by atoms with E-state index in [1.807, 2.05) is 42.5 Å². The first-order valence-electron chi connectivity index (χ1n) is 11.4. The van der Waals surface area contributed by atoms with Gasteiger partial charge in [-0.2, -0.15) is 0 Å². The number of amides is 1. The molecule has 1 aliphatic heterocycles. The fourth-order valence-corrected chi connectivity index (χ4v) is 4.01. The average molecular weight is 448 g/mol. The molecule has 4 rings (SSSR count). The van der Waals surface area contributed by atoms with Gasteiger partial charge in [0.15, 0.2) is 0 Å². The van der Waals surface area contributed by atoms with Crippen molar-refractivity contribution in [2.24, 2.45) is 0 Å². The van der Waals surface area contributed by atoms with E-state index in [1.54, 1.807) is 6.20 Å². The van der Waals surface area contributed by atoms with Gasteiger partial charge in [-0.15, -0.1) is 0 Å². The summed E-state index contributed by atoms with van der Waals surface area (Å²) in [5, 5.41) is 2.78. The second kappa shape index (κ2) is 10.8. The smallest absolute Gasteiger partial charge is 0.331 e. The van der Waals surface area contributed by atoms with Crippen molar-refractivity contribution in [3.05, 3.63) is 92.9 Å². The highest BCUT2D eigenvalue weighted by Crippen LogP contribution is 2.17. The zero-order valence-corrected chi connectivity index (χ0v) is 18.7. The van der Waals surface area contributed by atoms with Gasteiger partial charge in [-0.1, -0.05) is 49.2 Å². The number of nitrogens with zero attached hydrogens (tertiary/aromatic N) is 4. The minimum atomic E-state index is -0.509. The predicted octanol–water partition coefficient (Wildman–Crippen LogP) is 2.15. The largest absolute Gasteiger partial charge is 0.357 e. The number of pyridine rings is 1. The maximum atomic E-state index is 12.7. The highest BCUT2D eigenvalue weighted by molar-refractivity contribution is 5.75. The Bertz CT molecular complexity index is 1180.